The largest absolute Gasteiger partial charge is 0.343 e. The number of nitrogens with zero attached hydrogens (tertiary/aromatic N) is 3. The highest BCUT2D eigenvalue weighted by atomic mass is 32.2. The monoisotopic (exact) mass is 550 g/mol. The summed E-state index contributed by atoms with van der Waals surface area (Å²) in [5, 5.41) is 5.66. The van der Waals surface area contributed by atoms with E-state index < -0.39 is 20.2 Å². The molecule has 206 valence electrons. The van der Waals surface area contributed by atoms with Crippen molar-refractivity contribution in [3.05, 3.63) is 29.2 Å². The molecule has 2 aromatic heterocycles. The standard InChI is InChI=1S/C27H42N4O4S2/c1-20-25(36(28,32)33)17-24(30(20)18-21-11-6-4-7-12-21)23-19-31(26-22(23)13-10-14-27(26,2)3)37(34,35)29-15-8-5-9-16-29/h17,19,21H,4-16,18H2,1-3H3,(H2,28,32,33). The summed E-state index contributed by atoms with van der Waals surface area (Å²) in [4.78, 5) is 0.133. The molecular weight excluding hydrogens is 508 g/mol. The molecule has 2 fully saturated rings. The Kier molecular flexibility index (Phi) is 7.17. The Hall–Kier alpha value is -1.62. The van der Waals surface area contributed by atoms with E-state index in [1.807, 2.05) is 6.92 Å². The normalized spacial score (nSPS) is 21.7. The van der Waals surface area contributed by atoms with Gasteiger partial charge in [-0.25, -0.2) is 17.5 Å². The summed E-state index contributed by atoms with van der Waals surface area (Å²) in [6, 6.07) is 1.68. The van der Waals surface area contributed by atoms with Crippen LogP contribution in [0.4, 0.5) is 0 Å². The molecule has 0 atom stereocenters. The Labute approximate surface area is 222 Å². The molecule has 3 heterocycles. The number of hydrogen-bond donors (Lipinski definition) is 1. The third-order valence-corrected chi connectivity index (χ3v) is 11.7. The average molecular weight is 551 g/mol. The Bertz CT molecular complexity index is 1370. The van der Waals surface area contributed by atoms with Gasteiger partial charge >= 0.3 is 10.2 Å². The average Bonchev–Trinajstić information content (AvgIpc) is 3.40. The van der Waals surface area contributed by atoms with Crippen LogP contribution in [0.1, 0.15) is 95.0 Å². The maximum atomic E-state index is 14.0. The van der Waals surface area contributed by atoms with Crippen LogP contribution in [-0.2, 0) is 38.6 Å². The van der Waals surface area contributed by atoms with Gasteiger partial charge in [0.2, 0.25) is 10.0 Å². The second kappa shape index (κ2) is 9.84. The SMILES string of the molecule is Cc1c(S(N)(=O)=O)cc(-c2cn(S(=O)(=O)N3CCCCC3)c3c2CCCC3(C)C)n1CC1CCCCC1. The number of nitrogens with two attached hydrogens (primary N) is 1. The van der Waals surface area contributed by atoms with E-state index >= 15 is 0 Å². The van der Waals surface area contributed by atoms with Crippen molar-refractivity contribution in [1.82, 2.24) is 12.8 Å². The van der Waals surface area contributed by atoms with Gasteiger partial charge in [-0.2, -0.15) is 12.7 Å². The number of rotatable bonds is 6. The maximum Gasteiger partial charge on any atom is 0.307 e. The lowest BCUT2D eigenvalue weighted by Crippen LogP contribution is -2.41. The van der Waals surface area contributed by atoms with E-state index in [1.54, 1.807) is 16.6 Å². The van der Waals surface area contributed by atoms with E-state index in [9.17, 15) is 16.8 Å². The first kappa shape index (κ1) is 27.0. The first-order chi connectivity index (χ1) is 17.4. The molecule has 2 N–H and O–H groups in total. The third-order valence-electron chi connectivity index (χ3n) is 8.91. The van der Waals surface area contributed by atoms with Crippen LogP contribution >= 0.6 is 0 Å². The van der Waals surface area contributed by atoms with Gasteiger partial charge in [-0.05, 0) is 69.4 Å². The quantitative estimate of drug-likeness (QED) is 0.563. The zero-order valence-corrected chi connectivity index (χ0v) is 24.1. The molecule has 5 rings (SSSR count). The number of primary sulfonamides is 1. The molecule has 2 aromatic rings. The van der Waals surface area contributed by atoms with Crippen LogP contribution in [0.5, 0.6) is 0 Å². The summed E-state index contributed by atoms with van der Waals surface area (Å²) in [6.45, 7) is 7.87. The molecular formula is C27H42N4O4S2. The minimum absolute atomic E-state index is 0.133. The van der Waals surface area contributed by atoms with Crippen molar-refractivity contribution in [3.8, 4) is 11.3 Å². The zero-order valence-electron chi connectivity index (χ0n) is 22.5. The van der Waals surface area contributed by atoms with Gasteiger partial charge in [0, 0.05) is 48.2 Å². The van der Waals surface area contributed by atoms with Gasteiger partial charge in [0.1, 0.15) is 4.90 Å². The lowest BCUT2D eigenvalue weighted by Gasteiger charge is -2.34. The van der Waals surface area contributed by atoms with Crippen molar-refractivity contribution in [2.45, 2.75) is 108 Å². The zero-order chi connectivity index (χ0) is 26.6. The molecule has 0 amide bonds. The smallest absolute Gasteiger partial charge is 0.307 e. The Morgan fingerprint density at radius 3 is 2.27 bits per heavy atom. The minimum Gasteiger partial charge on any atom is -0.343 e. The predicted octanol–water partition coefficient (Wildman–Crippen LogP) is 4.69. The Balaban J connectivity index is 1.71. The van der Waals surface area contributed by atoms with E-state index in [0.29, 0.717) is 24.7 Å². The van der Waals surface area contributed by atoms with E-state index in [4.69, 9.17) is 5.14 Å². The molecule has 10 heteroatoms. The van der Waals surface area contributed by atoms with Crippen LogP contribution in [0.25, 0.3) is 11.3 Å². The minimum atomic E-state index is -3.92. The molecule has 37 heavy (non-hydrogen) atoms. The number of aromatic nitrogens is 2. The van der Waals surface area contributed by atoms with Crippen molar-refractivity contribution in [1.29, 1.82) is 0 Å². The fraction of sp³-hybridized carbons (Fsp3) is 0.704. The van der Waals surface area contributed by atoms with E-state index in [0.717, 1.165) is 80.4 Å². The maximum absolute atomic E-state index is 14.0. The summed E-state index contributed by atoms with van der Waals surface area (Å²) >= 11 is 0. The van der Waals surface area contributed by atoms with E-state index in [-0.39, 0.29) is 10.3 Å². The second-order valence-corrected chi connectivity index (χ2v) is 15.3. The molecule has 0 aromatic carbocycles. The molecule has 0 spiro atoms. The van der Waals surface area contributed by atoms with Crippen LogP contribution < -0.4 is 5.14 Å². The fourth-order valence-electron chi connectivity index (χ4n) is 6.92. The summed E-state index contributed by atoms with van der Waals surface area (Å²) in [5.74, 6) is 0.471. The van der Waals surface area contributed by atoms with Crippen LogP contribution in [0.2, 0.25) is 0 Å². The molecule has 1 aliphatic heterocycles. The van der Waals surface area contributed by atoms with Crippen LogP contribution in [0.15, 0.2) is 17.2 Å². The summed E-state index contributed by atoms with van der Waals surface area (Å²) in [6.07, 6.45) is 13.1. The molecule has 8 nitrogen and oxygen atoms in total. The summed E-state index contributed by atoms with van der Waals surface area (Å²) < 4.78 is 58.4. The third kappa shape index (κ3) is 4.94. The number of piperidine rings is 1. The molecule has 0 radical (unpaired) electrons. The topological polar surface area (TPSA) is 107 Å². The highest BCUT2D eigenvalue weighted by molar-refractivity contribution is 7.89. The highest BCUT2D eigenvalue weighted by Gasteiger charge is 2.39. The van der Waals surface area contributed by atoms with Crippen molar-refractivity contribution < 1.29 is 16.8 Å². The van der Waals surface area contributed by atoms with Gasteiger partial charge in [-0.1, -0.05) is 39.5 Å². The van der Waals surface area contributed by atoms with Gasteiger partial charge in [0.15, 0.2) is 0 Å². The highest BCUT2D eigenvalue weighted by Crippen LogP contribution is 2.45. The fourth-order valence-corrected chi connectivity index (χ4v) is 9.52. The van der Waals surface area contributed by atoms with Gasteiger partial charge < -0.3 is 4.57 Å². The lowest BCUT2D eigenvalue weighted by atomic mass is 9.76. The predicted molar refractivity (Wildman–Crippen MR) is 146 cm³/mol. The van der Waals surface area contributed by atoms with Crippen molar-refractivity contribution in [3.63, 3.8) is 0 Å². The first-order valence-corrected chi connectivity index (χ1v) is 16.8. The summed E-state index contributed by atoms with van der Waals surface area (Å²) in [5.41, 5.74) is 3.80. The number of fused-ring (bicyclic) bond motifs is 1. The van der Waals surface area contributed by atoms with Gasteiger partial charge in [0.05, 0.1) is 5.69 Å². The van der Waals surface area contributed by atoms with E-state index in [1.165, 1.54) is 23.2 Å². The number of hydrogen-bond acceptors (Lipinski definition) is 4. The van der Waals surface area contributed by atoms with Crippen molar-refractivity contribution in [2.24, 2.45) is 11.1 Å². The lowest BCUT2D eigenvalue weighted by molar-refractivity contribution is 0.318. The summed E-state index contributed by atoms with van der Waals surface area (Å²) in [7, 11) is -7.66. The second-order valence-electron chi connectivity index (χ2n) is 12.0. The Morgan fingerprint density at radius 1 is 0.973 bits per heavy atom. The van der Waals surface area contributed by atoms with Crippen LogP contribution in [0, 0.1) is 12.8 Å². The number of sulfonamides is 1. The molecule has 1 saturated carbocycles. The molecule has 0 bridgehead atoms. The van der Waals surface area contributed by atoms with Gasteiger partial charge in [-0.3, -0.25) is 0 Å². The van der Waals surface area contributed by atoms with Crippen molar-refractivity contribution in [2.75, 3.05) is 13.1 Å². The molecule has 1 saturated heterocycles. The molecule has 0 unspecified atom stereocenters. The first-order valence-electron chi connectivity index (χ1n) is 13.9. The molecule has 2 aliphatic carbocycles. The van der Waals surface area contributed by atoms with Gasteiger partial charge in [0.25, 0.3) is 0 Å². The van der Waals surface area contributed by atoms with Crippen LogP contribution in [0.3, 0.4) is 0 Å². The Morgan fingerprint density at radius 2 is 1.62 bits per heavy atom. The van der Waals surface area contributed by atoms with Gasteiger partial charge in [-0.15, -0.1) is 0 Å². The van der Waals surface area contributed by atoms with Crippen LogP contribution in [-0.4, -0.2) is 42.8 Å². The molecule has 3 aliphatic rings. The van der Waals surface area contributed by atoms with Crippen molar-refractivity contribution >= 4 is 20.2 Å². The van der Waals surface area contributed by atoms with E-state index in [2.05, 4.69) is 18.4 Å².